The third-order valence-electron chi connectivity index (χ3n) is 2.54. The molecule has 0 aliphatic heterocycles. The molecule has 1 aromatic carbocycles. The van der Waals surface area contributed by atoms with Crippen LogP contribution in [0.1, 0.15) is 31.9 Å². The Morgan fingerprint density at radius 3 is 2.17 bits per heavy atom. The van der Waals surface area contributed by atoms with Crippen molar-refractivity contribution in [1.29, 1.82) is 0 Å². The normalized spacial score (nSPS) is 14.1. The van der Waals surface area contributed by atoms with Crippen LogP contribution < -0.4 is 5.30 Å². The average molecular weight is 294 g/mol. The van der Waals surface area contributed by atoms with Gasteiger partial charge in [0, 0.05) is 0 Å². The second-order valence-electron chi connectivity index (χ2n) is 5.25. The molecule has 0 saturated heterocycles. The summed E-state index contributed by atoms with van der Waals surface area (Å²) >= 11 is 0. The Balaban J connectivity index is 3.33. The first-order chi connectivity index (χ1) is 8.04. The van der Waals surface area contributed by atoms with Gasteiger partial charge in [0.25, 0.3) is 0 Å². The van der Waals surface area contributed by atoms with Crippen molar-refractivity contribution in [3.63, 3.8) is 0 Å². The summed E-state index contributed by atoms with van der Waals surface area (Å²) in [6.45, 7) is 7.63. The van der Waals surface area contributed by atoms with E-state index < -0.39 is 16.5 Å². The van der Waals surface area contributed by atoms with Crippen LogP contribution in [0.25, 0.3) is 0 Å². The van der Waals surface area contributed by atoms with Gasteiger partial charge in [-0.25, -0.2) is 0 Å². The van der Waals surface area contributed by atoms with E-state index in [-0.39, 0.29) is 10.7 Å². The first-order valence-corrected chi connectivity index (χ1v) is 8.44. The van der Waals surface area contributed by atoms with E-state index in [4.69, 9.17) is 9.79 Å². The summed E-state index contributed by atoms with van der Waals surface area (Å²) in [6, 6.07) is 5.29. The van der Waals surface area contributed by atoms with Gasteiger partial charge in [-0.1, -0.05) is 0 Å². The van der Waals surface area contributed by atoms with E-state index in [1.807, 2.05) is 33.8 Å². The molecule has 0 radical (unpaired) electrons. The molecule has 0 aliphatic rings. The third kappa shape index (κ3) is 3.94. The first kappa shape index (κ1) is 15.9. The van der Waals surface area contributed by atoms with E-state index in [2.05, 4.69) is 4.31 Å². The number of rotatable bonds is 3. The molecular formula is C11H20O5P2. The van der Waals surface area contributed by atoms with Gasteiger partial charge in [-0.2, -0.15) is 0 Å². The van der Waals surface area contributed by atoms with Crippen molar-refractivity contribution < 1.29 is 23.9 Å². The standard InChI is InChI=1S/C11H20O5P2/c1-8-5-6-9(11(2,3)4)10(7-8)18(14,15)16-17(12)13/h5-7,12-15,18H,1-4H3. The molecule has 0 fully saturated rings. The summed E-state index contributed by atoms with van der Waals surface area (Å²) < 4.78 is 4.54. The van der Waals surface area contributed by atoms with Crippen LogP contribution in [-0.2, 0) is 9.73 Å². The van der Waals surface area contributed by atoms with Gasteiger partial charge >= 0.3 is 108 Å². The van der Waals surface area contributed by atoms with Crippen LogP contribution in [-0.4, -0.2) is 19.6 Å². The molecule has 0 aromatic heterocycles. The van der Waals surface area contributed by atoms with Gasteiger partial charge < -0.3 is 0 Å². The molecule has 0 atom stereocenters. The number of benzene rings is 1. The molecule has 5 nitrogen and oxygen atoms in total. The molecule has 0 aliphatic carbocycles. The van der Waals surface area contributed by atoms with E-state index in [9.17, 15) is 9.79 Å². The SMILES string of the molecule is Cc1ccc(C(C)(C)C)c([PH](O)(O)OP(O)O)c1. The summed E-state index contributed by atoms with van der Waals surface area (Å²) in [6.07, 6.45) is 0. The van der Waals surface area contributed by atoms with Gasteiger partial charge in [-0.05, 0) is 0 Å². The van der Waals surface area contributed by atoms with Crippen molar-refractivity contribution in [2.24, 2.45) is 0 Å². The van der Waals surface area contributed by atoms with E-state index in [1.165, 1.54) is 0 Å². The summed E-state index contributed by atoms with van der Waals surface area (Å²) in [5, 5.41) is 0.255. The van der Waals surface area contributed by atoms with Crippen LogP contribution in [0, 0.1) is 6.92 Å². The van der Waals surface area contributed by atoms with Gasteiger partial charge in [-0.3, -0.25) is 0 Å². The Morgan fingerprint density at radius 2 is 1.72 bits per heavy atom. The summed E-state index contributed by atoms with van der Waals surface area (Å²) in [7, 11) is -7.11. The quantitative estimate of drug-likeness (QED) is 0.636. The van der Waals surface area contributed by atoms with E-state index in [0.29, 0.717) is 0 Å². The number of hydrogen-bond acceptors (Lipinski definition) is 5. The zero-order valence-corrected chi connectivity index (χ0v) is 12.8. The molecular weight excluding hydrogens is 274 g/mol. The van der Waals surface area contributed by atoms with Gasteiger partial charge in [0.05, 0.1) is 0 Å². The van der Waals surface area contributed by atoms with Crippen molar-refractivity contribution in [3.8, 4) is 0 Å². The number of aryl methyl sites for hydroxylation is 1. The molecule has 1 rings (SSSR count). The van der Waals surface area contributed by atoms with Gasteiger partial charge in [0.1, 0.15) is 0 Å². The van der Waals surface area contributed by atoms with Crippen LogP contribution in [0.2, 0.25) is 0 Å². The molecule has 0 spiro atoms. The van der Waals surface area contributed by atoms with Gasteiger partial charge in [0.2, 0.25) is 0 Å². The van der Waals surface area contributed by atoms with Crippen molar-refractivity contribution in [3.05, 3.63) is 29.3 Å². The molecule has 0 heterocycles. The average Bonchev–Trinajstić information content (AvgIpc) is 2.13. The Labute approximate surface area is 109 Å². The zero-order valence-electron chi connectivity index (χ0n) is 10.9. The molecule has 18 heavy (non-hydrogen) atoms. The predicted molar refractivity (Wildman–Crippen MR) is 74.7 cm³/mol. The van der Waals surface area contributed by atoms with Crippen molar-refractivity contribution in [1.82, 2.24) is 0 Å². The molecule has 0 bridgehead atoms. The van der Waals surface area contributed by atoms with Crippen molar-refractivity contribution in [2.45, 2.75) is 33.1 Å². The fourth-order valence-electron chi connectivity index (χ4n) is 1.74. The van der Waals surface area contributed by atoms with E-state index in [1.54, 1.807) is 12.1 Å². The van der Waals surface area contributed by atoms with Crippen LogP contribution in [0.15, 0.2) is 18.2 Å². The summed E-state index contributed by atoms with van der Waals surface area (Å²) in [5.74, 6) is 0. The van der Waals surface area contributed by atoms with Gasteiger partial charge in [0.15, 0.2) is 0 Å². The predicted octanol–water partition coefficient (Wildman–Crippen LogP) is 1.63. The van der Waals surface area contributed by atoms with Crippen LogP contribution in [0.4, 0.5) is 0 Å². The topological polar surface area (TPSA) is 90.2 Å². The van der Waals surface area contributed by atoms with E-state index >= 15 is 0 Å². The van der Waals surface area contributed by atoms with E-state index in [0.717, 1.165) is 11.1 Å². The Bertz CT molecular complexity index is 426. The maximum atomic E-state index is 9.99. The van der Waals surface area contributed by atoms with Crippen LogP contribution in [0.5, 0.6) is 0 Å². The third-order valence-corrected chi connectivity index (χ3v) is 5.33. The fourth-order valence-corrected chi connectivity index (χ4v) is 4.27. The minimum absolute atomic E-state index is 0.255. The monoisotopic (exact) mass is 294 g/mol. The molecule has 0 amide bonds. The minimum atomic E-state index is -4.30. The van der Waals surface area contributed by atoms with Crippen molar-refractivity contribution in [2.75, 3.05) is 0 Å². The first-order valence-electron chi connectivity index (χ1n) is 5.47. The second kappa shape index (κ2) is 5.48. The molecule has 0 saturated carbocycles. The number of hydrogen-bond donors (Lipinski definition) is 4. The zero-order chi connectivity index (χ0) is 14.1. The summed E-state index contributed by atoms with van der Waals surface area (Å²) in [4.78, 5) is 37.6. The molecule has 4 N–H and O–H groups in total. The fraction of sp³-hybridized carbons (Fsp3) is 0.455. The molecule has 104 valence electrons. The molecule has 0 unspecified atom stereocenters. The molecule has 7 heteroatoms. The summed E-state index contributed by atoms with van der Waals surface area (Å²) in [5.41, 5.74) is 1.27. The molecule has 1 aromatic rings. The van der Waals surface area contributed by atoms with Crippen LogP contribution >= 0.6 is 16.5 Å². The maximum absolute atomic E-state index is 9.99. The van der Waals surface area contributed by atoms with Crippen molar-refractivity contribution >= 4 is 21.9 Å². The van der Waals surface area contributed by atoms with Crippen LogP contribution in [0.3, 0.4) is 0 Å². The Hall–Kier alpha value is -0.120. The Kier molecular flexibility index (Phi) is 4.85. The van der Waals surface area contributed by atoms with Gasteiger partial charge in [-0.15, -0.1) is 0 Å². The second-order valence-corrected chi connectivity index (χ2v) is 8.24. The Morgan fingerprint density at radius 1 is 1.17 bits per heavy atom.